The number of aromatic nitrogens is 1. The number of aliphatic hydroxyl groups excluding tert-OH is 1. The molecule has 2 rings (SSSR count). The molecule has 1 amide bonds. The number of nitrogens with one attached hydrogen (secondary N) is 2. The van der Waals surface area contributed by atoms with Crippen molar-refractivity contribution >= 4 is 5.91 Å². The average molecular weight is 260 g/mol. The lowest BCUT2D eigenvalue weighted by Crippen LogP contribution is -2.28. The molecule has 1 atom stereocenters. The second-order valence-electron chi connectivity index (χ2n) is 4.08. The Hall–Kier alpha value is -2.27. The molecule has 0 radical (unpaired) electrons. The maximum Gasteiger partial charge on any atom is 0.267 e. The summed E-state index contributed by atoms with van der Waals surface area (Å²) in [5, 5.41) is 12.6. The molecule has 19 heavy (non-hydrogen) atoms. The first-order valence-corrected chi connectivity index (χ1v) is 5.94. The number of aliphatic hydroxyl groups is 1. The molecule has 0 aliphatic heterocycles. The van der Waals surface area contributed by atoms with Crippen LogP contribution in [0.15, 0.2) is 42.6 Å². The molecule has 5 nitrogen and oxygen atoms in total. The van der Waals surface area contributed by atoms with Gasteiger partial charge in [0.1, 0.15) is 11.4 Å². The van der Waals surface area contributed by atoms with Gasteiger partial charge in [-0.2, -0.15) is 0 Å². The van der Waals surface area contributed by atoms with Gasteiger partial charge in [0.25, 0.3) is 5.91 Å². The number of hydrogen-bond donors (Lipinski definition) is 3. The zero-order valence-electron chi connectivity index (χ0n) is 10.6. The number of benzene rings is 1. The van der Waals surface area contributed by atoms with E-state index in [2.05, 4.69) is 10.3 Å². The van der Waals surface area contributed by atoms with Crippen LogP contribution in [0.2, 0.25) is 0 Å². The van der Waals surface area contributed by atoms with Crippen molar-refractivity contribution in [1.82, 2.24) is 10.3 Å². The van der Waals surface area contributed by atoms with E-state index in [0.29, 0.717) is 5.69 Å². The smallest absolute Gasteiger partial charge is 0.267 e. The Kier molecular flexibility index (Phi) is 4.20. The van der Waals surface area contributed by atoms with E-state index in [1.807, 2.05) is 0 Å². The second-order valence-corrected chi connectivity index (χ2v) is 4.08. The van der Waals surface area contributed by atoms with Crippen molar-refractivity contribution in [1.29, 1.82) is 0 Å². The average Bonchev–Trinajstić information content (AvgIpc) is 2.98. The standard InChI is InChI=1S/C14H16N2O3/c1-19-11-6-4-10(5-7-11)13(17)9-16-14(18)12-3-2-8-15-12/h2-8,13,15,17H,9H2,1H3,(H,16,18). The molecule has 0 aliphatic carbocycles. The summed E-state index contributed by atoms with van der Waals surface area (Å²) in [6, 6.07) is 10.5. The fraction of sp³-hybridized carbons (Fsp3) is 0.214. The van der Waals surface area contributed by atoms with Crippen molar-refractivity contribution in [2.75, 3.05) is 13.7 Å². The zero-order valence-corrected chi connectivity index (χ0v) is 10.6. The molecule has 0 saturated heterocycles. The molecule has 1 heterocycles. The number of amides is 1. The van der Waals surface area contributed by atoms with Gasteiger partial charge in [0, 0.05) is 12.7 Å². The first-order chi connectivity index (χ1) is 9.20. The Morgan fingerprint density at radius 2 is 2.11 bits per heavy atom. The van der Waals surface area contributed by atoms with Gasteiger partial charge in [-0.25, -0.2) is 0 Å². The molecule has 0 saturated carbocycles. The molecule has 1 unspecified atom stereocenters. The van der Waals surface area contributed by atoms with Gasteiger partial charge in [-0.15, -0.1) is 0 Å². The van der Waals surface area contributed by atoms with Gasteiger partial charge in [0.05, 0.1) is 13.2 Å². The Bertz CT molecular complexity index is 520. The van der Waals surface area contributed by atoms with Crippen LogP contribution < -0.4 is 10.1 Å². The minimum Gasteiger partial charge on any atom is -0.497 e. The lowest BCUT2D eigenvalue weighted by Gasteiger charge is -2.12. The van der Waals surface area contributed by atoms with E-state index in [4.69, 9.17) is 4.74 Å². The lowest BCUT2D eigenvalue weighted by molar-refractivity contribution is 0.0912. The highest BCUT2D eigenvalue weighted by molar-refractivity contribution is 5.92. The summed E-state index contributed by atoms with van der Waals surface area (Å²) >= 11 is 0. The molecule has 5 heteroatoms. The number of ether oxygens (including phenoxy) is 1. The molecule has 0 fully saturated rings. The van der Waals surface area contributed by atoms with Crippen molar-refractivity contribution in [2.24, 2.45) is 0 Å². The highest BCUT2D eigenvalue weighted by Gasteiger charge is 2.11. The minimum absolute atomic E-state index is 0.157. The van der Waals surface area contributed by atoms with E-state index in [1.54, 1.807) is 49.7 Å². The van der Waals surface area contributed by atoms with Crippen molar-refractivity contribution in [3.05, 3.63) is 53.9 Å². The quantitative estimate of drug-likeness (QED) is 0.762. The van der Waals surface area contributed by atoms with Gasteiger partial charge < -0.3 is 20.1 Å². The number of hydrogen-bond acceptors (Lipinski definition) is 3. The van der Waals surface area contributed by atoms with Gasteiger partial charge >= 0.3 is 0 Å². The number of H-pyrrole nitrogens is 1. The number of rotatable bonds is 5. The fourth-order valence-corrected chi connectivity index (χ4v) is 1.70. The summed E-state index contributed by atoms with van der Waals surface area (Å²) in [7, 11) is 1.59. The Morgan fingerprint density at radius 1 is 1.37 bits per heavy atom. The van der Waals surface area contributed by atoms with E-state index in [1.165, 1.54) is 0 Å². The highest BCUT2D eigenvalue weighted by atomic mass is 16.5. The van der Waals surface area contributed by atoms with Crippen molar-refractivity contribution in [3.63, 3.8) is 0 Å². The number of aromatic amines is 1. The first-order valence-electron chi connectivity index (χ1n) is 5.94. The molecule has 2 aromatic rings. The molecule has 0 aliphatic rings. The molecular formula is C14H16N2O3. The number of methoxy groups -OCH3 is 1. The van der Waals surface area contributed by atoms with Crippen LogP contribution in [0.3, 0.4) is 0 Å². The maximum absolute atomic E-state index is 11.7. The van der Waals surface area contributed by atoms with E-state index in [-0.39, 0.29) is 12.5 Å². The SMILES string of the molecule is COc1ccc(C(O)CNC(=O)c2ccc[nH]2)cc1. The zero-order chi connectivity index (χ0) is 13.7. The summed E-state index contributed by atoms with van der Waals surface area (Å²) < 4.78 is 5.04. The van der Waals surface area contributed by atoms with E-state index in [0.717, 1.165) is 11.3 Å². The summed E-state index contributed by atoms with van der Waals surface area (Å²) in [6.45, 7) is 0.157. The van der Waals surface area contributed by atoms with Gasteiger partial charge in [0.15, 0.2) is 0 Å². The third-order valence-corrected chi connectivity index (χ3v) is 2.80. The normalized spacial score (nSPS) is 11.9. The minimum atomic E-state index is -0.746. The Morgan fingerprint density at radius 3 is 2.68 bits per heavy atom. The molecule has 1 aromatic heterocycles. The third-order valence-electron chi connectivity index (χ3n) is 2.80. The van der Waals surface area contributed by atoms with Crippen LogP contribution in [0.25, 0.3) is 0 Å². The van der Waals surface area contributed by atoms with Crippen LogP contribution in [0, 0.1) is 0 Å². The van der Waals surface area contributed by atoms with Gasteiger partial charge in [-0.05, 0) is 29.8 Å². The van der Waals surface area contributed by atoms with Crippen LogP contribution in [-0.4, -0.2) is 29.7 Å². The summed E-state index contributed by atoms with van der Waals surface area (Å²) in [4.78, 5) is 14.5. The van der Waals surface area contributed by atoms with E-state index >= 15 is 0 Å². The van der Waals surface area contributed by atoms with E-state index < -0.39 is 6.10 Å². The maximum atomic E-state index is 11.7. The Labute approximate surface area is 111 Å². The number of carbonyl (C=O) groups is 1. The third kappa shape index (κ3) is 3.35. The fourth-order valence-electron chi connectivity index (χ4n) is 1.70. The second kappa shape index (κ2) is 6.06. The highest BCUT2D eigenvalue weighted by Crippen LogP contribution is 2.16. The topological polar surface area (TPSA) is 74.3 Å². The molecule has 0 bridgehead atoms. The summed E-state index contributed by atoms with van der Waals surface area (Å²) in [5.74, 6) is 0.490. The van der Waals surface area contributed by atoms with Crippen LogP contribution >= 0.6 is 0 Å². The molecular weight excluding hydrogens is 244 g/mol. The van der Waals surface area contributed by atoms with Crippen molar-refractivity contribution < 1.29 is 14.6 Å². The van der Waals surface area contributed by atoms with Gasteiger partial charge in [0.2, 0.25) is 0 Å². The lowest BCUT2D eigenvalue weighted by atomic mass is 10.1. The van der Waals surface area contributed by atoms with Crippen LogP contribution in [-0.2, 0) is 0 Å². The number of carbonyl (C=O) groups excluding carboxylic acids is 1. The summed E-state index contributed by atoms with van der Waals surface area (Å²) in [5.41, 5.74) is 1.20. The predicted octanol–water partition coefficient (Wildman–Crippen LogP) is 1.49. The molecule has 3 N–H and O–H groups in total. The molecule has 100 valence electrons. The van der Waals surface area contributed by atoms with Crippen LogP contribution in [0.5, 0.6) is 5.75 Å². The Balaban J connectivity index is 1.90. The van der Waals surface area contributed by atoms with Gasteiger partial charge in [-0.3, -0.25) is 4.79 Å². The van der Waals surface area contributed by atoms with Crippen molar-refractivity contribution in [2.45, 2.75) is 6.10 Å². The van der Waals surface area contributed by atoms with Crippen LogP contribution in [0.1, 0.15) is 22.2 Å². The first kappa shape index (κ1) is 13.2. The molecule has 0 spiro atoms. The largest absolute Gasteiger partial charge is 0.497 e. The van der Waals surface area contributed by atoms with Gasteiger partial charge in [-0.1, -0.05) is 12.1 Å². The predicted molar refractivity (Wildman–Crippen MR) is 71.1 cm³/mol. The van der Waals surface area contributed by atoms with Crippen molar-refractivity contribution in [3.8, 4) is 5.75 Å². The monoisotopic (exact) mass is 260 g/mol. The van der Waals surface area contributed by atoms with Crippen LogP contribution in [0.4, 0.5) is 0 Å². The van der Waals surface area contributed by atoms with E-state index in [9.17, 15) is 9.90 Å². The molecule has 1 aromatic carbocycles. The summed E-state index contributed by atoms with van der Waals surface area (Å²) in [6.07, 6.45) is 0.930.